The molecule has 0 fully saturated rings. The summed E-state index contributed by atoms with van der Waals surface area (Å²) in [6.07, 6.45) is -0.634. The highest BCUT2D eigenvalue weighted by atomic mass is 16.2. The predicted octanol–water partition coefficient (Wildman–Crippen LogP) is 1.70. The van der Waals surface area contributed by atoms with Crippen LogP contribution in [-0.4, -0.2) is 23.1 Å². The van der Waals surface area contributed by atoms with Gasteiger partial charge >= 0.3 is 0 Å². The van der Waals surface area contributed by atoms with E-state index in [9.17, 15) is 19.2 Å². The van der Waals surface area contributed by atoms with Crippen molar-refractivity contribution in [1.82, 2.24) is 0 Å². The van der Waals surface area contributed by atoms with Crippen LogP contribution < -0.4 is 0 Å². The fourth-order valence-corrected chi connectivity index (χ4v) is 1.73. The van der Waals surface area contributed by atoms with Gasteiger partial charge in [0.1, 0.15) is 23.1 Å². The average Bonchev–Trinajstić information content (AvgIpc) is 2.28. The van der Waals surface area contributed by atoms with Crippen molar-refractivity contribution in [2.75, 3.05) is 0 Å². The van der Waals surface area contributed by atoms with Gasteiger partial charge in [0, 0.05) is 6.42 Å². The van der Waals surface area contributed by atoms with Crippen LogP contribution in [0, 0.1) is 0 Å². The third-order valence-electron chi connectivity index (χ3n) is 2.48. The van der Waals surface area contributed by atoms with Crippen LogP contribution in [0.5, 0.6) is 0 Å². The molecule has 100 valence electrons. The Balaban J connectivity index is 2.38. The molecular weight excluding hydrogens is 244 g/mol. The minimum atomic E-state index is -0.426. The molecule has 1 aromatic carbocycles. The Hall–Kier alpha value is -2.10. The molecule has 0 amide bonds. The zero-order valence-electron chi connectivity index (χ0n) is 10.8. The minimum Gasteiger partial charge on any atom is -0.300 e. The van der Waals surface area contributed by atoms with Crippen LogP contribution in [-0.2, 0) is 25.6 Å². The molecule has 0 spiro atoms. The topological polar surface area (TPSA) is 68.3 Å². The fourth-order valence-electron chi connectivity index (χ4n) is 1.73. The second kappa shape index (κ2) is 7.36. The average molecular weight is 260 g/mol. The summed E-state index contributed by atoms with van der Waals surface area (Å²) >= 11 is 0. The smallest absolute Gasteiger partial charge is 0.147 e. The van der Waals surface area contributed by atoms with Gasteiger partial charge in [-0.3, -0.25) is 19.2 Å². The van der Waals surface area contributed by atoms with Crippen LogP contribution in [0.2, 0.25) is 0 Å². The molecule has 0 N–H and O–H groups in total. The molecule has 19 heavy (non-hydrogen) atoms. The number of rotatable bonds is 8. The Morgan fingerprint density at radius 3 is 1.89 bits per heavy atom. The Bertz CT molecular complexity index is 488. The van der Waals surface area contributed by atoms with E-state index in [-0.39, 0.29) is 37.2 Å². The maximum absolute atomic E-state index is 11.6. The zero-order chi connectivity index (χ0) is 14.3. The number of Topliss-reactive ketones (excluding diaryl/α,β-unsaturated/α-hetero) is 4. The van der Waals surface area contributed by atoms with Gasteiger partial charge in [-0.2, -0.15) is 0 Å². The number of carbonyl (C=O) groups excluding carboxylic acids is 4. The van der Waals surface area contributed by atoms with Crippen LogP contribution >= 0.6 is 0 Å². The van der Waals surface area contributed by atoms with Gasteiger partial charge in [-0.15, -0.1) is 0 Å². The summed E-state index contributed by atoms with van der Waals surface area (Å²) in [6, 6.07) is 9.10. The molecule has 0 aliphatic rings. The third kappa shape index (κ3) is 6.41. The standard InChI is InChI=1S/C15H16O4/c1-11(16)7-13(17)9-15(19)10-14(18)8-12-5-3-2-4-6-12/h2-6H,7-10H2,1H3. The lowest BCUT2D eigenvalue weighted by Gasteiger charge is -2.01. The molecule has 1 aromatic rings. The molecule has 0 bridgehead atoms. The Morgan fingerprint density at radius 1 is 0.789 bits per heavy atom. The van der Waals surface area contributed by atoms with Gasteiger partial charge in [0.15, 0.2) is 0 Å². The second-order valence-corrected chi connectivity index (χ2v) is 4.51. The number of carbonyl (C=O) groups is 4. The first kappa shape index (κ1) is 15.0. The normalized spacial score (nSPS) is 9.95. The zero-order valence-corrected chi connectivity index (χ0v) is 10.8. The highest BCUT2D eigenvalue weighted by Crippen LogP contribution is 2.04. The van der Waals surface area contributed by atoms with Gasteiger partial charge in [-0.25, -0.2) is 0 Å². The van der Waals surface area contributed by atoms with Gasteiger partial charge in [0.05, 0.1) is 19.3 Å². The molecule has 4 nitrogen and oxygen atoms in total. The van der Waals surface area contributed by atoms with Gasteiger partial charge in [-0.1, -0.05) is 30.3 Å². The van der Waals surface area contributed by atoms with Crippen LogP contribution in [0.3, 0.4) is 0 Å². The Morgan fingerprint density at radius 2 is 1.32 bits per heavy atom. The third-order valence-corrected chi connectivity index (χ3v) is 2.48. The summed E-state index contributed by atoms with van der Waals surface area (Å²) in [5.41, 5.74) is 0.843. The number of benzene rings is 1. The predicted molar refractivity (Wildman–Crippen MR) is 69.7 cm³/mol. The van der Waals surface area contributed by atoms with Crippen molar-refractivity contribution < 1.29 is 19.2 Å². The van der Waals surface area contributed by atoms with Crippen molar-refractivity contribution in [2.45, 2.75) is 32.6 Å². The first-order chi connectivity index (χ1) is 8.97. The largest absolute Gasteiger partial charge is 0.300 e. The molecule has 0 aliphatic heterocycles. The van der Waals surface area contributed by atoms with E-state index in [4.69, 9.17) is 0 Å². The van der Waals surface area contributed by atoms with Crippen molar-refractivity contribution >= 4 is 23.1 Å². The van der Waals surface area contributed by atoms with Gasteiger partial charge in [-0.05, 0) is 12.5 Å². The molecule has 0 saturated heterocycles. The molecule has 4 heteroatoms. The Kier molecular flexibility index (Phi) is 5.79. The summed E-state index contributed by atoms with van der Waals surface area (Å²) in [5, 5.41) is 0. The van der Waals surface area contributed by atoms with E-state index in [1.165, 1.54) is 6.92 Å². The second-order valence-electron chi connectivity index (χ2n) is 4.51. The number of hydrogen-bond acceptors (Lipinski definition) is 4. The van der Waals surface area contributed by atoms with E-state index in [0.29, 0.717) is 0 Å². The lowest BCUT2D eigenvalue weighted by molar-refractivity contribution is -0.130. The molecule has 0 saturated carbocycles. The van der Waals surface area contributed by atoms with E-state index in [1.54, 1.807) is 0 Å². The maximum Gasteiger partial charge on any atom is 0.147 e. The monoisotopic (exact) mass is 260 g/mol. The van der Waals surface area contributed by atoms with E-state index in [2.05, 4.69) is 0 Å². The quantitative estimate of drug-likeness (QED) is 0.667. The summed E-state index contributed by atoms with van der Waals surface area (Å²) in [5.74, 6) is -1.34. The lowest BCUT2D eigenvalue weighted by atomic mass is 10.0. The van der Waals surface area contributed by atoms with Crippen molar-refractivity contribution in [1.29, 1.82) is 0 Å². The van der Waals surface area contributed by atoms with E-state index in [1.807, 2.05) is 30.3 Å². The molecule has 0 aromatic heterocycles. The van der Waals surface area contributed by atoms with Crippen molar-refractivity contribution in [3.05, 3.63) is 35.9 Å². The Labute approximate surface area is 111 Å². The molecule has 1 rings (SSSR count). The summed E-state index contributed by atoms with van der Waals surface area (Å²) in [4.78, 5) is 45.1. The van der Waals surface area contributed by atoms with Crippen LogP contribution in [0.4, 0.5) is 0 Å². The molecular formula is C15H16O4. The maximum atomic E-state index is 11.6. The summed E-state index contributed by atoms with van der Waals surface area (Å²) in [6.45, 7) is 1.29. The van der Waals surface area contributed by atoms with Crippen LogP contribution in [0.15, 0.2) is 30.3 Å². The minimum absolute atomic E-state index is 0.188. The highest BCUT2D eigenvalue weighted by molar-refractivity contribution is 6.11. The summed E-state index contributed by atoms with van der Waals surface area (Å²) < 4.78 is 0. The summed E-state index contributed by atoms with van der Waals surface area (Å²) in [7, 11) is 0. The number of hydrogen-bond donors (Lipinski definition) is 0. The van der Waals surface area contributed by atoms with Crippen molar-refractivity contribution in [3.8, 4) is 0 Å². The van der Waals surface area contributed by atoms with E-state index in [0.717, 1.165) is 5.56 Å². The fraction of sp³-hybridized carbons (Fsp3) is 0.333. The van der Waals surface area contributed by atoms with Crippen LogP contribution in [0.25, 0.3) is 0 Å². The molecule has 0 radical (unpaired) electrons. The van der Waals surface area contributed by atoms with Crippen LogP contribution in [0.1, 0.15) is 31.7 Å². The van der Waals surface area contributed by atoms with Gasteiger partial charge < -0.3 is 0 Å². The molecule has 0 aliphatic carbocycles. The van der Waals surface area contributed by atoms with Crippen molar-refractivity contribution in [3.63, 3.8) is 0 Å². The molecule has 0 atom stereocenters. The molecule has 0 unspecified atom stereocenters. The SMILES string of the molecule is CC(=O)CC(=O)CC(=O)CC(=O)Cc1ccccc1. The van der Waals surface area contributed by atoms with E-state index >= 15 is 0 Å². The van der Waals surface area contributed by atoms with Gasteiger partial charge in [0.2, 0.25) is 0 Å². The highest BCUT2D eigenvalue weighted by Gasteiger charge is 2.15. The first-order valence-electron chi connectivity index (χ1n) is 6.06. The first-order valence-corrected chi connectivity index (χ1v) is 6.06. The molecule has 0 heterocycles. The van der Waals surface area contributed by atoms with Crippen molar-refractivity contribution in [2.24, 2.45) is 0 Å². The lowest BCUT2D eigenvalue weighted by Crippen LogP contribution is -2.15. The van der Waals surface area contributed by atoms with Gasteiger partial charge in [0.25, 0.3) is 0 Å². The number of ketones is 4. The van der Waals surface area contributed by atoms with E-state index < -0.39 is 11.6 Å².